The van der Waals surface area contributed by atoms with E-state index in [1.807, 2.05) is 24.3 Å². The Morgan fingerprint density at radius 1 is 0.639 bits per heavy atom. The molecule has 2 N–H and O–H groups in total. The normalized spacial score (nSPS) is 12.7. The van der Waals surface area contributed by atoms with Crippen molar-refractivity contribution >= 4 is 55.8 Å². The van der Waals surface area contributed by atoms with Gasteiger partial charge in [0.25, 0.3) is 0 Å². The lowest BCUT2D eigenvalue weighted by Crippen LogP contribution is -2.11. The monoisotopic (exact) mass is 494 g/mol. The molecule has 0 fully saturated rings. The minimum absolute atomic E-state index is 0.0348. The van der Waals surface area contributed by atoms with E-state index in [0.29, 0.717) is 43.3 Å². The van der Waals surface area contributed by atoms with Gasteiger partial charge in [-0.25, -0.2) is 29.9 Å². The molecule has 5 heterocycles. The zero-order valence-corrected chi connectivity index (χ0v) is 19.0. The van der Waals surface area contributed by atoms with Gasteiger partial charge < -0.3 is 4.98 Å². The van der Waals surface area contributed by atoms with Crippen LogP contribution in [-0.4, -0.2) is 51.8 Å². The number of hydrogen-bond acceptors (Lipinski definition) is 8. The van der Waals surface area contributed by atoms with Gasteiger partial charge in [0.05, 0.1) is 0 Å². The molecule has 11 nitrogen and oxygen atoms in total. The molecule has 36 heavy (non-hydrogen) atoms. The number of benzene rings is 2. The molecule has 0 radical (unpaired) electrons. The molecule has 12 heteroatoms. The lowest BCUT2D eigenvalue weighted by Gasteiger charge is -2.00. The minimum atomic E-state index is -4.82. The van der Waals surface area contributed by atoms with E-state index < -0.39 is 10.3 Å². The van der Waals surface area contributed by atoms with Crippen LogP contribution in [0.3, 0.4) is 0 Å². The first-order valence-corrected chi connectivity index (χ1v) is 12.2. The Bertz CT molecular complexity index is 2040. The maximum atomic E-state index is 12.7. The van der Waals surface area contributed by atoms with E-state index in [2.05, 4.69) is 34.9 Å². The number of rotatable bonds is 1. The van der Waals surface area contributed by atoms with Gasteiger partial charge in [-0.1, -0.05) is 48.5 Å². The van der Waals surface area contributed by atoms with Gasteiger partial charge in [-0.15, -0.1) is 0 Å². The SMILES string of the molecule is O=S(=O)(O)n1c2nc3nc(nc4ccc(nc5nc(nc1c1ccccc12)-c1ccccc1-5)[nH]4)C=C3. The van der Waals surface area contributed by atoms with Gasteiger partial charge in [-0.2, -0.15) is 12.4 Å². The van der Waals surface area contributed by atoms with Crippen LogP contribution in [0.5, 0.6) is 0 Å². The van der Waals surface area contributed by atoms with Crippen LogP contribution in [0, 0.1) is 0 Å². The Labute approximate surface area is 202 Å². The zero-order valence-electron chi connectivity index (χ0n) is 18.2. The van der Waals surface area contributed by atoms with E-state index >= 15 is 0 Å². The van der Waals surface area contributed by atoms with E-state index in [1.54, 1.807) is 48.6 Å². The van der Waals surface area contributed by atoms with Crippen molar-refractivity contribution in [2.24, 2.45) is 0 Å². The van der Waals surface area contributed by atoms with Gasteiger partial charge in [0, 0.05) is 21.9 Å². The Balaban J connectivity index is 1.75. The summed E-state index contributed by atoms with van der Waals surface area (Å²) in [4.78, 5) is 30.3. The molecule has 0 saturated carbocycles. The van der Waals surface area contributed by atoms with E-state index in [-0.39, 0.29) is 22.9 Å². The summed E-state index contributed by atoms with van der Waals surface area (Å²) >= 11 is 0. The van der Waals surface area contributed by atoms with Crippen molar-refractivity contribution in [3.63, 3.8) is 0 Å². The van der Waals surface area contributed by atoms with Crippen LogP contribution in [0.25, 0.3) is 68.3 Å². The first-order valence-electron chi connectivity index (χ1n) is 10.8. The standard InChI is InChI=1S/C24H14N8O3S/c33-36(34,35)32-23-15-7-3-4-8-16(15)24(32)31-22-14-6-2-1-5-13(14)21(30-22)28-19-11-9-17(26-19)25-18-10-12-20(27-18)29-23/h1-12H,(H,33,34,35)(H,25,26,27,28,29,30,31). The van der Waals surface area contributed by atoms with Crippen molar-refractivity contribution in [1.29, 1.82) is 0 Å². The molecular weight excluding hydrogens is 480 g/mol. The number of fused-ring (bicyclic) bond motifs is 14. The molecular formula is C24H14N8O3S. The number of aromatic amines is 1. The molecule has 7 rings (SSSR count). The molecule has 2 aliphatic rings. The number of nitrogens with one attached hydrogen (secondary N) is 1. The van der Waals surface area contributed by atoms with Crippen LogP contribution in [0.2, 0.25) is 0 Å². The number of hydrogen-bond donors (Lipinski definition) is 2. The van der Waals surface area contributed by atoms with Gasteiger partial charge in [0.15, 0.2) is 34.6 Å². The molecule has 0 unspecified atom stereocenters. The van der Waals surface area contributed by atoms with Crippen LogP contribution < -0.4 is 0 Å². The summed E-state index contributed by atoms with van der Waals surface area (Å²) in [6.45, 7) is 0. The second-order valence-electron chi connectivity index (χ2n) is 8.08. The predicted octanol–water partition coefficient (Wildman–Crippen LogP) is 3.68. The summed E-state index contributed by atoms with van der Waals surface area (Å²) in [6, 6.07) is 17.8. The van der Waals surface area contributed by atoms with Crippen molar-refractivity contribution in [3.05, 3.63) is 72.3 Å². The van der Waals surface area contributed by atoms with Crippen LogP contribution in [0.15, 0.2) is 60.7 Å². The van der Waals surface area contributed by atoms with Crippen LogP contribution in [0.1, 0.15) is 11.6 Å². The lowest BCUT2D eigenvalue weighted by atomic mass is 10.1. The first kappa shape index (κ1) is 20.6. The molecule has 3 aromatic heterocycles. The summed E-state index contributed by atoms with van der Waals surface area (Å²) < 4.78 is 36.3. The summed E-state index contributed by atoms with van der Waals surface area (Å²) in [6.07, 6.45) is 3.26. The number of H-pyrrole nitrogens is 1. The maximum absolute atomic E-state index is 12.7. The summed E-state index contributed by atoms with van der Waals surface area (Å²) in [5.74, 6) is 1.24. The number of aromatic nitrogens is 8. The second kappa shape index (κ2) is 7.34. The van der Waals surface area contributed by atoms with E-state index in [0.717, 1.165) is 5.56 Å². The molecule has 2 aliphatic heterocycles. The second-order valence-corrected chi connectivity index (χ2v) is 9.34. The molecule has 0 spiro atoms. The van der Waals surface area contributed by atoms with Gasteiger partial charge in [-0.05, 0) is 24.3 Å². The van der Waals surface area contributed by atoms with E-state index in [1.165, 1.54) is 0 Å². The minimum Gasteiger partial charge on any atom is -0.325 e. The van der Waals surface area contributed by atoms with Gasteiger partial charge >= 0.3 is 10.3 Å². The molecule has 0 amide bonds. The Kier molecular flexibility index (Phi) is 4.19. The van der Waals surface area contributed by atoms with Gasteiger partial charge in [0.2, 0.25) is 0 Å². The van der Waals surface area contributed by atoms with E-state index in [9.17, 15) is 13.0 Å². The van der Waals surface area contributed by atoms with Gasteiger partial charge in [0.1, 0.15) is 11.3 Å². The average molecular weight is 494 g/mol. The third kappa shape index (κ3) is 3.20. The molecule has 0 atom stereocenters. The van der Waals surface area contributed by atoms with Gasteiger partial charge in [-0.3, -0.25) is 4.55 Å². The quantitative estimate of drug-likeness (QED) is 0.325. The largest absolute Gasteiger partial charge is 0.366 e. The summed E-state index contributed by atoms with van der Waals surface area (Å²) in [5, 5.41) is 0.933. The topological polar surface area (TPSA) is 152 Å². The maximum Gasteiger partial charge on any atom is 0.366 e. The number of nitrogens with zero attached hydrogens (tertiary/aromatic N) is 7. The van der Waals surface area contributed by atoms with Crippen molar-refractivity contribution in [2.75, 3.05) is 0 Å². The zero-order chi connectivity index (χ0) is 24.4. The molecule has 174 valence electrons. The molecule has 0 saturated heterocycles. The fourth-order valence-corrected chi connectivity index (χ4v) is 5.02. The fraction of sp³-hybridized carbons (Fsp3) is 0. The molecule has 5 aromatic rings. The van der Waals surface area contributed by atoms with Crippen molar-refractivity contribution in [3.8, 4) is 22.8 Å². The predicted molar refractivity (Wildman–Crippen MR) is 134 cm³/mol. The highest BCUT2D eigenvalue weighted by molar-refractivity contribution is 7.84. The highest BCUT2D eigenvalue weighted by Crippen LogP contribution is 2.34. The highest BCUT2D eigenvalue weighted by Gasteiger charge is 2.23. The molecule has 2 aromatic carbocycles. The van der Waals surface area contributed by atoms with E-state index in [4.69, 9.17) is 0 Å². The third-order valence-corrected chi connectivity index (χ3v) is 6.61. The fourth-order valence-electron chi connectivity index (χ4n) is 4.30. The van der Waals surface area contributed by atoms with Crippen LogP contribution in [0.4, 0.5) is 0 Å². The van der Waals surface area contributed by atoms with Crippen molar-refractivity contribution < 1.29 is 13.0 Å². The average Bonchev–Trinajstić information content (AvgIpc) is 3.62. The van der Waals surface area contributed by atoms with Crippen LogP contribution >= 0.6 is 0 Å². The third-order valence-electron chi connectivity index (χ3n) is 5.80. The van der Waals surface area contributed by atoms with Crippen molar-refractivity contribution in [1.82, 2.24) is 38.9 Å². The Morgan fingerprint density at radius 2 is 1.19 bits per heavy atom. The summed E-state index contributed by atoms with van der Waals surface area (Å²) in [7, 11) is -4.82. The Hall–Kier alpha value is -4.81. The highest BCUT2D eigenvalue weighted by atomic mass is 32.2. The van der Waals surface area contributed by atoms with Crippen molar-refractivity contribution in [2.45, 2.75) is 0 Å². The lowest BCUT2D eigenvalue weighted by molar-refractivity contribution is 0.475. The molecule has 8 bridgehead atoms. The Morgan fingerprint density at radius 3 is 1.86 bits per heavy atom. The summed E-state index contributed by atoms with van der Waals surface area (Å²) in [5.41, 5.74) is 2.39. The van der Waals surface area contributed by atoms with Crippen LogP contribution in [-0.2, 0) is 10.3 Å². The molecule has 0 aliphatic carbocycles. The smallest absolute Gasteiger partial charge is 0.325 e. The first-order chi connectivity index (χ1) is 17.4.